The van der Waals surface area contributed by atoms with Gasteiger partial charge in [-0.05, 0) is 42.5 Å². The molecule has 0 radical (unpaired) electrons. The van der Waals surface area contributed by atoms with Crippen LogP contribution in [0.15, 0.2) is 49.1 Å². The lowest BCUT2D eigenvalue weighted by molar-refractivity contribution is 0.306. The summed E-state index contributed by atoms with van der Waals surface area (Å²) in [5.41, 5.74) is -0.621. The highest BCUT2D eigenvalue weighted by molar-refractivity contribution is 6.76. The third-order valence-electron chi connectivity index (χ3n) is 3.57. The number of unbranched alkanes of at least 4 members (excludes halogenated alkanes) is 3. The van der Waals surface area contributed by atoms with Gasteiger partial charge in [0, 0.05) is 0 Å². The van der Waals surface area contributed by atoms with Crippen molar-refractivity contribution in [1.29, 1.82) is 0 Å². The summed E-state index contributed by atoms with van der Waals surface area (Å²) in [5.74, 6) is -0.0603. The van der Waals surface area contributed by atoms with Crippen LogP contribution < -0.4 is 10.2 Å². The second-order valence-electron chi connectivity index (χ2n) is 5.26. The van der Waals surface area contributed by atoms with Crippen molar-refractivity contribution in [2.75, 3.05) is 6.61 Å². The maximum atomic E-state index is 13.4. The fourth-order valence-electron chi connectivity index (χ4n) is 2.49. The van der Waals surface area contributed by atoms with Crippen molar-refractivity contribution in [3.05, 3.63) is 49.1 Å². The Balaban J connectivity index is 2.17. The second kappa shape index (κ2) is 7.39. The van der Waals surface area contributed by atoms with E-state index in [1.165, 1.54) is 12.1 Å². The lowest BCUT2D eigenvalue weighted by atomic mass is 9.76. The van der Waals surface area contributed by atoms with Gasteiger partial charge in [0.15, 0.2) is 0 Å². The van der Waals surface area contributed by atoms with Crippen molar-refractivity contribution in [1.82, 2.24) is 0 Å². The van der Waals surface area contributed by atoms with Crippen LogP contribution in [-0.4, -0.2) is 13.6 Å². The first-order valence-corrected chi connectivity index (χ1v) is 7.49. The van der Waals surface area contributed by atoms with Gasteiger partial charge in [0.05, 0.1) is 12.4 Å². The maximum absolute atomic E-state index is 13.4. The van der Waals surface area contributed by atoms with Gasteiger partial charge in [-0.15, -0.1) is 6.58 Å². The molecular weight excluding hydrogens is 288 g/mol. The molecule has 0 unspecified atom stereocenters. The molecule has 2 aromatic carbocycles. The Bertz CT molecular complexity index is 637. The van der Waals surface area contributed by atoms with Crippen LogP contribution in [0, 0.1) is 0 Å². The lowest BCUT2D eigenvalue weighted by Crippen LogP contribution is -2.36. The van der Waals surface area contributed by atoms with Gasteiger partial charge in [-0.1, -0.05) is 41.9 Å². The van der Waals surface area contributed by atoms with Gasteiger partial charge < -0.3 is 17.7 Å². The van der Waals surface area contributed by atoms with E-state index >= 15 is 0 Å². The van der Waals surface area contributed by atoms with E-state index in [0.29, 0.717) is 12.0 Å². The third kappa shape index (κ3) is 4.06. The Kier molecular flexibility index (Phi) is 5.53. The number of benzene rings is 2. The van der Waals surface area contributed by atoms with Crippen molar-refractivity contribution in [2.24, 2.45) is 0 Å². The summed E-state index contributed by atoms with van der Waals surface area (Å²) >= 11 is 0. The first-order chi connectivity index (χ1) is 10.5. The second-order valence-corrected chi connectivity index (χ2v) is 5.26. The minimum atomic E-state index is -5.12. The van der Waals surface area contributed by atoms with E-state index in [1.807, 2.05) is 6.08 Å². The smallest absolute Gasteiger partial charge is 0.497 e. The Labute approximate surface area is 128 Å². The van der Waals surface area contributed by atoms with E-state index in [2.05, 4.69) is 6.58 Å². The van der Waals surface area contributed by atoms with Gasteiger partial charge in [0.1, 0.15) is 0 Å². The minimum absolute atomic E-state index is 0.0603. The molecule has 0 aliphatic heterocycles. The van der Waals surface area contributed by atoms with Crippen molar-refractivity contribution in [2.45, 2.75) is 25.7 Å². The minimum Gasteiger partial charge on any atom is -0.497 e. The number of hydrogen-bond donors (Lipinski definition) is 0. The van der Waals surface area contributed by atoms with Gasteiger partial charge in [-0.2, -0.15) is 0 Å². The van der Waals surface area contributed by atoms with E-state index < -0.39 is 12.4 Å². The predicted octanol–water partition coefficient (Wildman–Crippen LogP) is 5.02. The first kappa shape index (κ1) is 16.5. The number of fused-ring (bicyclic) bond motifs is 1. The molecule has 0 aromatic heterocycles. The summed E-state index contributed by atoms with van der Waals surface area (Å²) in [6, 6.07) is 9.63. The Morgan fingerprint density at radius 2 is 1.77 bits per heavy atom. The average molecular weight is 307 g/mol. The summed E-state index contributed by atoms with van der Waals surface area (Å²) in [6.45, 7) is -1.18. The fraction of sp³-hybridized carbons (Fsp3) is 0.294. The highest BCUT2D eigenvalue weighted by Gasteiger charge is 2.31. The number of rotatable bonds is 8. The molecule has 0 amide bonds. The van der Waals surface area contributed by atoms with Crippen molar-refractivity contribution < 1.29 is 17.7 Å². The van der Waals surface area contributed by atoms with E-state index in [0.717, 1.165) is 25.7 Å². The SMILES string of the molecule is C=CCCCCCOc1ccc2ccccc2c1[B-](F)(F)F. The van der Waals surface area contributed by atoms with E-state index in [9.17, 15) is 12.9 Å². The quantitative estimate of drug-likeness (QED) is 0.378. The number of allylic oxidation sites excluding steroid dienone is 1. The molecular formula is C17H19BF3O-. The third-order valence-corrected chi connectivity index (χ3v) is 3.57. The van der Waals surface area contributed by atoms with Crippen LogP contribution in [0.2, 0.25) is 0 Å². The predicted molar refractivity (Wildman–Crippen MR) is 86.8 cm³/mol. The molecule has 1 nitrogen and oxygen atoms in total. The van der Waals surface area contributed by atoms with Crippen LogP contribution in [0.25, 0.3) is 10.8 Å². The molecule has 0 aliphatic rings. The summed E-state index contributed by atoms with van der Waals surface area (Å²) in [7, 11) is 0. The Hall–Kier alpha value is -1.91. The molecule has 2 aromatic rings. The first-order valence-electron chi connectivity index (χ1n) is 7.49. The molecule has 0 saturated carbocycles. The molecule has 0 bridgehead atoms. The summed E-state index contributed by atoms with van der Waals surface area (Å²) in [6.07, 6.45) is 5.42. The molecule has 0 heterocycles. The van der Waals surface area contributed by atoms with Crippen LogP contribution in [0.4, 0.5) is 12.9 Å². The number of halogens is 3. The summed E-state index contributed by atoms with van der Waals surface area (Å²) in [4.78, 5) is 0. The maximum Gasteiger partial charge on any atom is 0.513 e. The van der Waals surface area contributed by atoms with Crippen LogP contribution in [0.1, 0.15) is 25.7 Å². The van der Waals surface area contributed by atoms with Gasteiger partial charge in [0.25, 0.3) is 0 Å². The zero-order valence-electron chi connectivity index (χ0n) is 12.4. The van der Waals surface area contributed by atoms with Gasteiger partial charge in [0.2, 0.25) is 0 Å². The molecule has 22 heavy (non-hydrogen) atoms. The number of hydrogen-bond acceptors (Lipinski definition) is 1. The van der Waals surface area contributed by atoms with Crippen molar-refractivity contribution >= 4 is 23.2 Å². The molecule has 2 rings (SSSR count). The fourth-order valence-corrected chi connectivity index (χ4v) is 2.49. The summed E-state index contributed by atoms with van der Waals surface area (Å²) < 4.78 is 45.7. The van der Waals surface area contributed by atoms with Crippen LogP contribution in [0.3, 0.4) is 0 Å². The van der Waals surface area contributed by atoms with Crippen LogP contribution >= 0.6 is 0 Å². The largest absolute Gasteiger partial charge is 0.513 e. The van der Waals surface area contributed by atoms with Crippen LogP contribution in [-0.2, 0) is 0 Å². The molecule has 5 heteroatoms. The molecule has 0 spiro atoms. The molecule has 0 N–H and O–H groups in total. The normalized spacial score (nSPS) is 11.6. The van der Waals surface area contributed by atoms with E-state index in [4.69, 9.17) is 4.74 Å². The highest BCUT2D eigenvalue weighted by Crippen LogP contribution is 2.25. The average Bonchev–Trinajstić information content (AvgIpc) is 2.49. The van der Waals surface area contributed by atoms with E-state index in [-0.39, 0.29) is 11.1 Å². The Morgan fingerprint density at radius 1 is 1.00 bits per heavy atom. The van der Waals surface area contributed by atoms with Gasteiger partial charge in [-0.25, -0.2) is 0 Å². The van der Waals surface area contributed by atoms with Crippen molar-refractivity contribution in [3.63, 3.8) is 0 Å². The lowest BCUT2D eigenvalue weighted by Gasteiger charge is -2.22. The molecule has 0 saturated heterocycles. The summed E-state index contributed by atoms with van der Waals surface area (Å²) in [5, 5.41) is 0.786. The number of ether oxygens (including phenoxy) is 1. The molecule has 118 valence electrons. The highest BCUT2D eigenvalue weighted by atomic mass is 19.4. The van der Waals surface area contributed by atoms with E-state index in [1.54, 1.807) is 24.3 Å². The topological polar surface area (TPSA) is 9.23 Å². The molecule has 0 atom stereocenters. The van der Waals surface area contributed by atoms with Gasteiger partial charge >= 0.3 is 6.98 Å². The molecule has 0 fully saturated rings. The van der Waals surface area contributed by atoms with Crippen LogP contribution in [0.5, 0.6) is 5.75 Å². The Morgan fingerprint density at radius 3 is 2.50 bits per heavy atom. The van der Waals surface area contributed by atoms with Crippen molar-refractivity contribution in [3.8, 4) is 5.75 Å². The van der Waals surface area contributed by atoms with Gasteiger partial charge in [-0.3, -0.25) is 0 Å². The zero-order valence-corrected chi connectivity index (χ0v) is 12.4. The monoisotopic (exact) mass is 307 g/mol. The standard InChI is InChI=1S/C17H19BF3O/c1-2-3-4-5-8-13-22-16-12-11-14-9-6-7-10-15(14)17(16)18(19,20)21/h2,6-7,9-12H,1,3-5,8,13H2/q-1. The molecule has 0 aliphatic carbocycles. The zero-order chi connectivity index (χ0) is 16.0.